The maximum absolute atomic E-state index is 13.5. The van der Waals surface area contributed by atoms with Crippen molar-refractivity contribution in [3.8, 4) is 0 Å². The Bertz CT molecular complexity index is 1220. The molecule has 5 fully saturated rings. The highest BCUT2D eigenvalue weighted by Gasteiger charge is 2.80. The number of aliphatic imine (C=N–C) groups is 1. The number of fused-ring (bicyclic) bond motifs is 1. The summed E-state index contributed by atoms with van der Waals surface area (Å²) < 4.78 is 6.77. The first-order valence-corrected chi connectivity index (χ1v) is 16.7. The highest BCUT2D eigenvalue weighted by molar-refractivity contribution is 5.92. The number of aliphatic hydroxyl groups excluding tert-OH is 2. The van der Waals surface area contributed by atoms with Crippen molar-refractivity contribution in [3.05, 3.63) is 23.4 Å². The standard InChI is InChI=1S/C33H50N4O6/c1-35-30(34)37-13-11-22(17-36-12-14-38)31(18-37)21-8-7-20-3-2-4-26-32(20,31)24(15-21)28(29(40)41)33(26,42)27-10-6-19-5-9-23(39)16-25(19)43-27/h11,13,19-23,25-27,36,38-39,42H,2-10,12,14-18H2,1H3,(H2,34,35)(H,40,41). The molecule has 10 heteroatoms. The van der Waals surface area contributed by atoms with E-state index in [0.717, 1.165) is 56.9 Å². The van der Waals surface area contributed by atoms with Crippen LogP contribution >= 0.6 is 0 Å². The van der Waals surface area contributed by atoms with E-state index in [-0.39, 0.29) is 47.4 Å². The van der Waals surface area contributed by atoms with Crippen molar-refractivity contribution >= 4 is 11.9 Å². The molecule has 0 aromatic carbocycles. The summed E-state index contributed by atoms with van der Waals surface area (Å²) in [7, 11) is 1.70. The summed E-state index contributed by atoms with van der Waals surface area (Å²) in [6, 6.07) is 0. The molecule has 11 unspecified atom stereocenters. The molecule has 7 N–H and O–H groups in total. The van der Waals surface area contributed by atoms with Crippen molar-refractivity contribution in [2.24, 2.45) is 51.1 Å². The average molecular weight is 599 g/mol. The fourth-order valence-corrected chi connectivity index (χ4v) is 12.0. The van der Waals surface area contributed by atoms with E-state index in [4.69, 9.17) is 10.5 Å². The first-order valence-electron chi connectivity index (χ1n) is 16.7. The quantitative estimate of drug-likeness (QED) is 0.153. The van der Waals surface area contributed by atoms with E-state index in [0.29, 0.717) is 50.8 Å². The van der Waals surface area contributed by atoms with Crippen LogP contribution in [0.2, 0.25) is 0 Å². The lowest BCUT2D eigenvalue weighted by Crippen LogP contribution is -2.68. The van der Waals surface area contributed by atoms with Gasteiger partial charge in [0.1, 0.15) is 5.60 Å². The summed E-state index contributed by atoms with van der Waals surface area (Å²) in [5.74, 6) is 0.111. The summed E-state index contributed by atoms with van der Waals surface area (Å²) in [6.45, 7) is 1.84. The predicted octanol–water partition coefficient (Wildman–Crippen LogP) is 2.00. The number of hydrogen-bond donors (Lipinski definition) is 6. The summed E-state index contributed by atoms with van der Waals surface area (Å²) in [6.07, 6.45) is 12.3. The number of hydrogen-bond acceptors (Lipinski definition) is 7. The third kappa shape index (κ3) is 3.95. The molecule has 2 aliphatic heterocycles. The number of ether oxygens (including phenoxy) is 1. The fourth-order valence-electron chi connectivity index (χ4n) is 12.0. The second kappa shape index (κ2) is 10.8. The zero-order chi connectivity index (χ0) is 30.1. The number of rotatable bonds is 6. The highest BCUT2D eigenvalue weighted by atomic mass is 16.5. The van der Waals surface area contributed by atoms with Crippen LogP contribution in [0.5, 0.6) is 0 Å². The number of nitrogens with two attached hydrogens (primary N) is 1. The number of nitrogens with zero attached hydrogens (tertiary/aromatic N) is 2. The third-order valence-electron chi connectivity index (χ3n) is 13.3. The Morgan fingerprint density at radius 2 is 1.95 bits per heavy atom. The number of aliphatic carboxylic acids is 1. The van der Waals surface area contributed by atoms with Crippen LogP contribution in [-0.2, 0) is 9.53 Å². The lowest BCUT2D eigenvalue weighted by atomic mass is 9.40. The number of carboxylic acids is 1. The molecule has 0 aromatic rings. The maximum Gasteiger partial charge on any atom is 0.334 e. The molecule has 238 valence electrons. The Balaban J connectivity index is 1.39. The third-order valence-corrected chi connectivity index (χ3v) is 13.3. The predicted molar refractivity (Wildman–Crippen MR) is 161 cm³/mol. The van der Waals surface area contributed by atoms with E-state index in [9.17, 15) is 25.2 Å². The van der Waals surface area contributed by atoms with E-state index in [1.54, 1.807) is 7.05 Å². The van der Waals surface area contributed by atoms with Gasteiger partial charge < -0.3 is 41.1 Å². The van der Waals surface area contributed by atoms with Gasteiger partial charge >= 0.3 is 5.97 Å². The van der Waals surface area contributed by atoms with Crippen molar-refractivity contribution in [3.63, 3.8) is 0 Å². The lowest BCUT2D eigenvalue weighted by Gasteiger charge is -2.66. The average Bonchev–Trinajstić information content (AvgIpc) is 3.29. The van der Waals surface area contributed by atoms with Crippen LogP contribution in [0.15, 0.2) is 28.4 Å². The number of aliphatic hydroxyl groups is 3. The number of carbonyl (C=O) groups is 1. The van der Waals surface area contributed by atoms with Gasteiger partial charge in [0.2, 0.25) is 0 Å². The van der Waals surface area contributed by atoms with Gasteiger partial charge in [0.15, 0.2) is 5.96 Å². The number of carboxylic acid groups (broad SMARTS) is 1. The molecule has 5 aliphatic carbocycles. The molecular weight excluding hydrogens is 548 g/mol. The van der Waals surface area contributed by atoms with E-state index >= 15 is 0 Å². The monoisotopic (exact) mass is 598 g/mol. The Morgan fingerprint density at radius 3 is 2.72 bits per heavy atom. The van der Waals surface area contributed by atoms with Crippen molar-refractivity contribution in [2.75, 3.05) is 33.3 Å². The Morgan fingerprint density at radius 1 is 1.16 bits per heavy atom. The SMILES string of the molecule is CN=C(N)N1C=CC(CNCCO)C2(C1)C1CCC3CCCC4C(O)(C5CCC6CCC(O)CC6O5)C(C(=O)O)=C(C1)C342. The molecule has 2 heterocycles. The van der Waals surface area contributed by atoms with Crippen LogP contribution in [0.3, 0.4) is 0 Å². The Labute approximate surface area is 254 Å². The van der Waals surface area contributed by atoms with Gasteiger partial charge in [-0.3, -0.25) is 4.99 Å². The van der Waals surface area contributed by atoms with E-state index in [2.05, 4.69) is 16.4 Å². The molecule has 7 aliphatic rings. The zero-order valence-electron chi connectivity index (χ0n) is 25.5. The minimum absolute atomic E-state index is 0.0504. The lowest BCUT2D eigenvalue weighted by molar-refractivity contribution is -0.229. The Kier molecular flexibility index (Phi) is 7.48. The molecule has 2 bridgehead atoms. The maximum atomic E-state index is 13.5. The molecule has 2 spiro atoms. The van der Waals surface area contributed by atoms with Gasteiger partial charge in [-0.1, -0.05) is 12.5 Å². The number of allylic oxidation sites excluding steroid dienone is 1. The summed E-state index contributed by atoms with van der Waals surface area (Å²) in [5.41, 5.74) is 5.21. The van der Waals surface area contributed by atoms with Crippen LogP contribution in [0.1, 0.15) is 70.6 Å². The van der Waals surface area contributed by atoms with Crippen LogP contribution in [0.25, 0.3) is 0 Å². The van der Waals surface area contributed by atoms with Crippen LogP contribution < -0.4 is 11.1 Å². The first kappa shape index (κ1) is 29.7. The number of guanidine groups is 1. The first-order chi connectivity index (χ1) is 20.7. The second-order valence-corrected chi connectivity index (χ2v) is 14.6. The minimum Gasteiger partial charge on any atom is -0.478 e. The van der Waals surface area contributed by atoms with Gasteiger partial charge in [-0.15, -0.1) is 0 Å². The molecule has 4 saturated carbocycles. The van der Waals surface area contributed by atoms with E-state index < -0.39 is 29.2 Å². The van der Waals surface area contributed by atoms with Crippen LogP contribution in [0, 0.1) is 40.4 Å². The fraction of sp³-hybridized carbons (Fsp3) is 0.818. The van der Waals surface area contributed by atoms with E-state index in [1.807, 2.05) is 11.1 Å². The largest absolute Gasteiger partial charge is 0.478 e. The molecule has 0 radical (unpaired) electrons. The normalized spacial score (nSPS) is 47.2. The Hall–Kier alpha value is -1.98. The van der Waals surface area contributed by atoms with Gasteiger partial charge in [0.25, 0.3) is 0 Å². The molecule has 0 aromatic heterocycles. The summed E-state index contributed by atoms with van der Waals surface area (Å²) in [5, 5.41) is 47.8. The van der Waals surface area contributed by atoms with Crippen LogP contribution in [-0.4, -0.2) is 94.5 Å². The summed E-state index contributed by atoms with van der Waals surface area (Å²) >= 11 is 0. The second-order valence-electron chi connectivity index (χ2n) is 14.6. The van der Waals surface area contributed by atoms with Gasteiger partial charge in [-0.2, -0.15) is 0 Å². The van der Waals surface area contributed by atoms with Crippen molar-refractivity contribution in [1.29, 1.82) is 0 Å². The summed E-state index contributed by atoms with van der Waals surface area (Å²) in [4.78, 5) is 19.9. The zero-order valence-corrected chi connectivity index (χ0v) is 25.5. The molecule has 1 saturated heterocycles. The molecule has 0 amide bonds. The van der Waals surface area contributed by atoms with Crippen molar-refractivity contribution in [1.82, 2.24) is 10.2 Å². The van der Waals surface area contributed by atoms with Crippen molar-refractivity contribution in [2.45, 2.75) is 94.5 Å². The smallest absolute Gasteiger partial charge is 0.334 e. The van der Waals surface area contributed by atoms with Crippen molar-refractivity contribution < 1.29 is 30.0 Å². The van der Waals surface area contributed by atoms with E-state index in [1.165, 1.54) is 0 Å². The molecule has 7 rings (SSSR count). The number of nitrogens with one attached hydrogen (secondary N) is 1. The molecular formula is C33H50N4O6. The molecule has 43 heavy (non-hydrogen) atoms. The van der Waals surface area contributed by atoms with Gasteiger partial charge in [0, 0.05) is 49.6 Å². The molecule has 11 atom stereocenters. The van der Waals surface area contributed by atoms with Gasteiger partial charge in [-0.25, -0.2) is 4.79 Å². The topological polar surface area (TPSA) is 161 Å². The minimum atomic E-state index is -1.60. The highest BCUT2D eigenvalue weighted by Crippen LogP contribution is 2.81. The molecule has 10 nitrogen and oxygen atoms in total. The van der Waals surface area contributed by atoms with Gasteiger partial charge in [0.05, 0.1) is 30.5 Å². The van der Waals surface area contributed by atoms with Crippen LogP contribution in [0.4, 0.5) is 0 Å². The van der Waals surface area contributed by atoms with Gasteiger partial charge in [-0.05, 0) is 93.5 Å².